The van der Waals surface area contributed by atoms with Gasteiger partial charge in [-0.3, -0.25) is 4.99 Å². The molecule has 0 fully saturated rings. The molecule has 0 amide bonds. The zero-order chi connectivity index (χ0) is 13.2. The van der Waals surface area contributed by atoms with Crippen molar-refractivity contribution >= 4 is 45.5 Å². The highest BCUT2D eigenvalue weighted by atomic mass is 127. The van der Waals surface area contributed by atoms with Gasteiger partial charge in [-0.05, 0) is 46.9 Å². The van der Waals surface area contributed by atoms with E-state index in [9.17, 15) is 4.79 Å². The summed E-state index contributed by atoms with van der Waals surface area (Å²) in [5.74, 6) is 0. The summed E-state index contributed by atoms with van der Waals surface area (Å²) >= 11 is 2.28. The number of nitrogens with one attached hydrogen (secondary N) is 2. The summed E-state index contributed by atoms with van der Waals surface area (Å²) in [6.07, 6.45) is 1.83. The van der Waals surface area contributed by atoms with Gasteiger partial charge < -0.3 is 9.97 Å². The highest BCUT2D eigenvalue weighted by molar-refractivity contribution is 14.1. The third-order valence-corrected chi connectivity index (χ3v) is 3.74. The molecule has 4 nitrogen and oxygen atoms in total. The number of rotatable bonds is 2. The van der Waals surface area contributed by atoms with E-state index < -0.39 is 0 Å². The van der Waals surface area contributed by atoms with Crippen molar-refractivity contribution in [1.82, 2.24) is 9.97 Å². The maximum atomic E-state index is 11.2. The van der Waals surface area contributed by atoms with Gasteiger partial charge in [-0.15, -0.1) is 0 Å². The number of halogens is 1. The van der Waals surface area contributed by atoms with Crippen molar-refractivity contribution in [2.45, 2.75) is 0 Å². The van der Waals surface area contributed by atoms with Crippen LogP contribution in [0.1, 0.15) is 5.56 Å². The number of benzene rings is 2. The summed E-state index contributed by atoms with van der Waals surface area (Å²) in [4.78, 5) is 21.0. The number of hydrogen-bond acceptors (Lipinski definition) is 2. The molecule has 0 radical (unpaired) electrons. The largest absolute Gasteiger partial charge is 0.323 e. The van der Waals surface area contributed by atoms with E-state index in [4.69, 9.17) is 0 Å². The Morgan fingerprint density at radius 1 is 1.05 bits per heavy atom. The maximum Gasteiger partial charge on any atom is 0.323 e. The summed E-state index contributed by atoms with van der Waals surface area (Å²) in [6, 6.07) is 13.6. The lowest BCUT2D eigenvalue weighted by molar-refractivity contribution is 1.21. The minimum absolute atomic E-state index is 0.200. The molecular weight excluding hydrogens is 353 g/mol. The molecule has 0 saturated heterocycles. The van der Waals surface area contributed by atoms with Crippen molar-refractivity contribution in [2.24, 2.45) is 4.99 Å². The van der Waals surface area contributed by atoms with E-state index in [1.165, 1.54) is 0 Å². The van der Waals surface area contributed by atoms with E-state index in [0.717, 1.165) is 25.9 Å². The monoisotopic (exact) mass is 363 g/mol. The molecule has 5 heteroatoms. The smallest absolute Gasteiger partial charge is 0.306 e. The van der Waals surface area contributed by atoms with Gasteiger partial charge in [-0.1, -0.05) is 18.2 Å². The van der Waals surface area contributed by atoms with Crippen molar-refractivity contribution in [3.63, 3.8) is 0 Å². The van der Waals surface area contributed by atoms with Crippen LogP contribution in [0.5, 0.6) is 0 Å². The van der Waals surface area contributed by atoms with E-state index in [1.807, 2.05) is 48.7 Å². The fourth-order valence-electron chi connectivity index (χ4n) is 1.82. The van der Waals surface area contributed by atoms with E-state index in [-0.39, 0.29) is 5.69 Å². The predicted octanol–water partition coefficient (Wildman–Crippen LogP) is 3.21. The Balaban J connectivity index is 1.97. The number of aromatic amines is 2. The zero-order valence-electron chi connectivity index (χ0n) is 9.85. The van der Waals surface area contributed by atoms with Crippen LogP contribution in [0.4, 0.5) is 5.69 Å². The van der Waals surface area contributed by atoms with Crippen molar-refractivity contribution in [3.05, 3.63) is 62.1 Å². The molecule has 0 aliphatic carbocycles. The van der Waals surface area contributed by atoms with Crippen LogP contribution in [0.3, 0.4) is 0 Å². The third kappa shape index (κ3) is 2.60. The van der Waals surface area contributed by atoms with Gasteiger partial charge in [0, 0.05) is 15.3 Å². The number of imidazole rings is 1. The van der Waals surface area contributed by atoms with Crippen molar-refractivity contribution in [1.29, 1.82) is 0 Å². The number of H-pyrrole nitrogens is 2. The summed E-state index contributed by atoms with van der Waals surface area (Å²) in [5, 5.41) is 0. The molecule has 3 aromatic rings. The number of hydrogen-bond donors (Lipinski definition) is 2. The van der Waals surface area contributed by atoms with Gasteiger partial charge in [0.2, 0.25) is 0 Å². The fourth-order valence-corrected chi connectivity index (χ4v) is 2.35. The molecule has 0 saturated carbocycles. The first-order valence-corrected chi connectivity index (χ1v) is 6.81. The van der Waals surface area contributed by atoms with Crippen LogP contribution in [0.25, 0.3) is 11.0 Å². The van der Waals surface area contributed by atoms with Crippen LogP contribution in [-0.2, 0) is 0 Å². The summed E-state index contributed by atoms with van der Waals surface area (Å²) in [5.41, 5.74) is 3.24. The van der Waals surface area contributed by atoms with Crippen LogP contribution < -0.4 is 5.69 Å². The molecule has 94 valence electrons. The van der Waals surface area contributed by atoms with Crippen molar-refractivity contribution in [3.8, 4) is 0 Å². The average Bonchev–Trinajstić information content (AvgIpc) is 2.77. The molecule has 1 heterocycles. The molecule has 0 aliphatic heterocycles. The Kier molecular flexibility index (Phi) is 3.20. The number of fused-ring (bicyclic) bond motifs is 1. The highest BCUT2D eigenvalue weighted by Gasteiger charge is 1.99. The second-order valence-electron chi connectivity index (χ2n) is 4.09. The van der Waals surface area contributed by atoms with Gasteiger partial charge in [-0.25, -0.2) is 4.79 Å². The maximum absolute atomic E-state index is 11.2. The van der Waals surface area contributed by atoms with Gasteiger partial charge in [0.15, 0.2) is 0 Å². The summed E-state index contributed by atoms with van der Waals surface area (Å²) in [6.45, 7) is 0. The molecule has 0 atom stereocenters. The second-order valence-corrected chi connectivity index (χ2v) is 5.25. The Labute approximate surface area is 122 Å². The molecule has 19 heavy (non-hydrogen) atoms. The molecule has 1 aromatic heterocycles. The number of aliphatic imine (C=N–C) groups is 1. The number of nitrogens with zero attached hydrogens (tertiary/aromatic N) is 1. The molecule has 0 bridgehead atoms. The van der Waals surface area contributed by atoms with Crippen LogP contribution in [0, 0.1) is 3.57 Å². The molecule has 0 spiro atoms. The van der Waals surface area contributed by atoms with Crippen LogP contribution >= 0.6 is 22.6 Å². The first-order chi connectivity index (χ1) is 9.22. The van der Waals surface area contributed by atoms with E-state index in [2.05, 4.69) is 37.6 Å². The topological polar surface area (TPSA) is 61.0 Å². The lowest BCUT2D eigenvalue weighted by atomic mass is 10.2. The first kappa shape index (κ1) is 12.2. The quantitative estimate of drug-likeness (QED) is 0.533. The molecular formula is C14H10IN3O. The van der Waals surface area contributed by atoms with Crippen molar-refractivity contribution in [2.75, 3.05) is 0 Å². The van der Waals surface area contributed by atoms with Crippen molar-refractivity contribution < 1.29 is 0 Å². The second kappa shape index (κ2) is 5.00. The zero-order valence-corrected chi connectivity index (χ0v) is 12.0. The normalized spacial score (nSPS) is 11.4. The van der Waals surface area contributed by atoms with Crippen LogP contribution in [0.15, 0.2) is 52.3 Å². The Morgan fingerprint density at radius 3 is 2.68 bits per heavy atom. The van der Waals surface area contributed by atoms with E-state index >= 15 is 0 Å². The number of aromatic nitrogens is 2. The van der Waals surface area contributed by atoms with Gasteiger partial charge in [0.1, 0.15) is 0 Å². The van der Waals surface area contributed by atoms with Gasteiger partial charge in [0.05, 0.1) is 16.7 Å². The molecule has 2 aromatic carbocycles. The lowest BCUT2D eigenvalue weighted by Gasteiger charge is -1.97. The minimum Gasteiger partial charge on any atom is -0.306 e. The molecule has 0 unspecified atom stereocenters. The predicted molar refractivity (Wildman–Crippen MR) is 85.3 cm³/mol. The highest BCUT2D eigenvalue weighted by Crippen LogP contribution is 2.18. The van der Waals surface area contributed by atoms with Crippen LogP contribution in [0.2, 0.25) is 0 Å². The van der Waals surface area contributed by atoms with E-state index in [1.54, 1.807) is 0 Å². The summed E-state index contributed by atoms with van der Waals surface area (Å²) < 4.78 is 1.15. The Hall–Kier alpha value is -1.89. The average molecular weight is 363 g/mol. The standard InChI is InChI=1S/C14H10IN3O/c15-11-4-2-1-3-9(11)8-16-10-5-6-12-13(7-10)18-14(19)17-12/h1-8H,(H2,17,18,19). The Morgan fingerprint density at radius 2 is 1.84 bits per heavy atom. The van der Waals surface area contributed by atoms with Crippen LogP contribution in [-0.4, -0.2) is 16.2 Å². The van der Waals surface area contributed by atoms with Gasteiger partial charge in [-0.2, -0.15) is 0 Å². The summed E-state index contributed by atoms with van der Waals surface area (Å²) in [7, 11) is 0. The minimum atomic E-state index is -0.200. The fraction of sp³-hybridized carbons (Fsp3) is 0. The van der Waals surface area contributed by atoms with Gasteiger partial charge in [0.25, 0.3) is 0 Å². The first-order valence-electron chi connectivity index (χ1n) is 5.73. The molecule has 0 aliphatic rings. The van der Waals surface area contributed by atoms with Gasteiger partial charge >= 0.3 is 5.69 Å². The molecule has 3 rings (SSSR count). The Bertz CT molecular complexity index is 817. The SMILES string of the molecule is O=c1[nH]c2ccc(N=Cc3ccccc3I)cc2[nH]1. The molecule has 2 N–H and O–H groups in total. The lowest BCUT2D eigenvalue weighted by Crippen LogP contribution is -1.99. The third-order valence-electron chi connectivity index (χ3n) is 2.76. The van der Waals surface area contributed by atoms with E-state index in [0.29, 0.717) is 0 Å².